The van der Waals surface area contributed by atoms with Crippen molar-refractivity contribution < 1.29 is 0 Å². The molecule has 2 nitrogen and oxygen atoms in total. The van der Waals surface area contributed by atoms with Crippen LogP contribution in [-0.4, -0.2) is 11.0 Å². The van der Waals surface area contributed by atoms with Gasteiger partial charge in [0.05, 0.1) is 0 Å². The van der Waals surface area contributed by atoms with Gasteiger partial charge in [0.25, 0.3) is 0 Å². The summed E-state index contributed by atoms with van der Waals surface area (Å²) in [6.45, 7) is 0. The van der Waals surface area contributed by atoms with Crippen molar-refractivity contribution in [1.29, 1.82) is 0 Å². The van der Waals surface area contributed by atoms with Crippen LogP contribution in [0, 0.1) is 0 Å². The van der Waals surface area contributed by atoms with Crippen molar-refractivity contribution in [3.63, 3.8) is 0 Å². The number of hydrogen-bond acceptors (Lipinski definition) is 2. The molecule has 1 aliphatic carbocycles. The molecule has 0 spiro atoms. The molecule has 1 heterocycles. The smallest absolute Gasteiger partial charge is 0.0410 e. The molecule has 1 fully saturated rings. The van der Waals surface area contributed by atoms with Gasteiger partial charge in [-0.1, -0.05) is 11.6 Å². The van der Waals surface area contributed by atoms with Crippen LogP contribution in [-0.2, 0) is 0 Å². The Morgan fingerprint density at radius 2 is 2.07 bits per heavy atom. The van der Waals surface area contributed by atoms with E-state index in [2.05, 4.69) is 33.1 Å². The van der Waals surface area contributed by atoms with Crippen molar-refractivity contribution in [2.24, 2.45) is 5.73 Å². The van der Waals surface area contributed by atoms with Gasteiger partial charge in [0.2, 0.25) is 0 Å². The molecule has 0 unspecified atom stereocenters. The number of aromatic nitrogens is 1. The lowest BCUT2D eigenvalue weighted by atomic mass is 9.90. The Morgan fingerprint density at radius 3 is 2.73 bits per heavy atom. The highest BCUT2D eigenvalue weighted by Gasteiger charge is 2.12. The molecule has 1 aromatic rings. The molecule has 0 aliphatic heterocycles. The van der Waals surface area contributed by atoms with Crippen molar-refractivity contribution in [3.05, 3.63) is 34.1 Å². The lowest BCUT2D eigenvalue weighted by Gasteiger charge is -2.20. The molecule has 1 aliphatic rings. The third-order valence-electron chi connectivity index (χ3n) is 2.77. The van der Waals surface area contributed by atoms with Crippen molar-refractivity contribution in [2.75, 3.05) is 0 Å². The largest absolute Gasteiger partial charge is 0.328 e. The van der Waals surface area contributed by atoms with Crippen LogP contribution < -0.4 is 5.73 Å². The molecule has 80 valence electrons. The lowest BCUT2D eigenvalue weighted by Crippen LogP contribution is -2.23. The zero-order valence-corrected chi connectivity index (χ0v) is 10.2. The van der Waals surface area contributed by atoms with Crippen molar-refractivity contribution in [1.82, 2.24) is 4.98 Å². The van der Waals surface area contributed by atoms with Crippen LogP contribution in [0.4, 0.5) is 0 Å². The van der Waals surface area contributed by atoms with Gasteiger partial charge in [0, 0.05) is 22.9 Å². The summed E-state index contributed by atoms with van der Waals surface area (Å²) in [4.78, 5) is 4.15. The summed E-state index contributed by atoms with van der Waals surface area (Å²) >= 11 is 3.42. The molecular weight excluding hydrogens is 252 g/mol. The standard InChI is InChI=1S/C12H15BrN2/c13-11-6-10(7-15-8-11)5-9-1-3-12(14)4-2-9/h5-8,12H,1-4,14H2. The van der Waals surface area contributed by atoms with E-state index in [-0.39, 0.29) is 0 Å². The van der Waals surface area contributed by atoms with E-state index in [1.807, 2.05) is 6.20 Å². The number of pyridine rings is 1. The second-order valence-corrected chi connectivity index (χ2v) is 4.99. The summed E-state index contributed by atoms with van der Waals surface area (Å²) in [6.07, 6.45) is 10.4. The number of hydrogen-bond donors (Lipinski definition) is 1. The Morgan fingerprint density at radius 1 is 1.33 bits per heavy atom. The first-order chi connectivity index (χ1) is 7.24. The summed E-state index contributed by atoms with van der Waals surface area (Å²) in [5, 5.41) is 0. The van der Waals surface area contributed by atoms with Gasteiger partial charge in [-0.05, 0) is 53.2 Å². The van der Waals surface area contributed by atoms with Crippen LogP contribution >= 0.6 is 15.9 Å². The van der Waals surface area contributed by atoms with Crippen LogP contribution in [0.2, 0.25) is 0 Å². The van der Waals surface area contributed by atoms with E-state index in [0.717, 1.165) is 30.2 Å². The number of halogens is 1. The van der Waals surface area contributed by atoms with Crippen LogP contribution in [0.5, 0.6) is 0 Å². The van der Waals surface area contributed by atoms with E-state index in [1.165, 1.54) is 11.1 Å². The van der Waals surface area contributed by atoms with Crippen LogP contribution in [0.1, 0.15) is 31.2 Å². The van der Waals surface area contributed by atoms with E-state index in [9.17, 15) is 0 Å². The van der Waals surface area contributed by atoms with Crippen molar-refractivity contribution >= 4 is 22.0 Å². The fourth-order valence-corrected chi connectivity index (χ4v) is 2.28. The fourth-order valence-electron chi connectivity index (χ4n) is 1.90. The monoisotopic (exact) mass is 266 g/mol. The van der Waals surface area contributed by atoms with Crippen molar-refractivity contribution in [3.8, 4) is 0 Å². The number of nitrogens with zero attached hydrogens (tertiary/aromatic N) is 1. The average molecular weight is 267 g/mol. The topological polar surface area (TPSA) is 38.9 Å². The predicted molar refractivity (Wildman–Crippen MR) is 66.4 cm³/mol. The van der Waals surface area contributed by atoms with Gasteiger partial charge in [-0.3, -0.25) is 4.98 Å². The number of rotatable bonds is 1. The van der Waals surface area contributed by atoms with Crippen LogP contribution in [0.15, 0.2) is 28.5 Å². The van der Waals surface area contributed by atoms with Crippen LogP contribution in [0.3, 0.4) is 0 Å². The normalized spacial score (nSPS) is 21.5. The third kappa shape index (κ3) is 3.14. The summed E-state index contributed by atoms with van der Waals surface area (Å²) in [7, 11) is 0. The molecule has 0 atom stereocenters. The molecule has 15 heavy (non-hydrogen) atoms. The van der Waals surface area contributed by atoms with Gasteiger partial charge in [0.15, 0.2) is 0 Å². The average Bonchev–Trinajstić information content (AvgIpc) is 2.22. The van der Waals surface area contributed by atoms with Gasteiger partial charge < -0.3 is 5.73 Å². The zero-order chi connectivity index (χ0) is 10.7. The first-order valence-electron chi connectivity index (χ1n) is 5.29. The summed E-state index contributed by atoms with van der Waals surface area (Å²) in [6, 6.07) is 2.50. The second kappa shape index (κ2) is 4.90. The molecule has 1 aromatic heterocycles. The maximum absolute atomic E-state index is 5.87. The maximum atomic E-state index is 5.87. The van der Waals surface area contributed by atoms with Crippen LogP contribution in [0.25, 0.3) is 6.08 Å². The highest BCUT2D eigenvalue weighted by atomic mass is 79.9. The van der Waals surface area contributed by atoms with E-state index in [4.69, 9.17) is 5.73 Å². The molecule has 0 bridgehead atoms. The highest BCUT2D eigenvalue weighted by molar-refractivity contribution is 9.10. The molecule has 0 aromatic carbocycles. The van der Waals surface area contributed by atoms with Gasteiger partial charge in [-0.25, -0.2) is 0 Å². The molecule has 0 saturated heterocycles. The first kappa shape index (κ1) is 10.8. The van der Waals surface area contributed by atoms with Gasteiger partial charge in [0.1, 0.15) is 0 Å². The molecule has 0 amide bonds. The Labute approximate surface area is 98.7 Å². The van der Waals surface area contributed by atoms with E-state index < -0.39 is 0 Å². The van der Waals surface area contributed by atoms with E-state index in [0.29, 0.717) is 6.04 Å². The first-order valence-corrected chi connectivity index (χ1v) is 6.09. The third-order valence-corrected chi connectivity index (χ3v) is 3.20. The summed E-state index contributed by atoms with van der Waals surface area (Å²) in [5.74, 6) is 0. The molecule has 2 N–H and O–H groups in total. The Balaban J connectivity index is 2.10. The molecule has 0 radical (unpaired) electrons. The van der Waals surface area contributed by atoms with Crippen molar-refractivity contribution in [2.45, 2.75) is 31.7 Å². The van der Waals surface area contributed by atoms with Gasteiger partial charge in [-0.2, -0.15) is 0 Å². The molecular formula is C12H15BrN2. The summed E-state index contributed by atoms with van der Waals surface area (Å²) in [5.41, 5.74) is 8.54. The lowest BCUT2D eigenvalue weighted by molar-refractivity contribution is 0.514. The number of allylic oxidation sites excluding steroid dienone is 1. The van der Waals surface area contributed by atoms with Gasteiger partial charge in [-0.15, -0.1) is 0 Å². The SMILES string of the molecule is NC1CCC(=Cc2cncc(Br)c2)CC1. The van der Waals surface area contributed by atoms with Gasteiger partial charge >= 0.3 is 0 Å². The number of nitrogens with two attached hydrogens (primary N) is 1. The Bertz CT molecular complexity index is 364. The predicted octanol–water partition coefficient (Wildman–Crippen LogP) is 3.13. The summed E-state index contributed by atoms with van der Waals surface area (Å²) < 4.78 is 1.03. The minimum absolute atomic E-state index is 0.405. The van der Waals surface area contributed by atoms with E-state index >= 15 is 0 Å². The van der Waals surface area contributed by atoms with E-state index in [1.54, 1.807) is 6.20 Å². The quantitative estimate of drug-likeness (QED) is 0.849. The molecule has 2 rings (SSSR count). The maximum Gasteiger partial charge on any atom is 0.0410 e. The Hall–Kier alpha value is -0.670. The Kier molecular flexibility index (Phi) is 3.54. The zero-order valence-electron chi connectivity index (χ0n) is 8.62. The molecule has 1 saturated carbocycles. The minimum Gasteiger partial charge on any atom is -0.328 e. The minimum atomic E-state index is 0.405. The second-order valence-electron chi connectivity index (χ2n) is 4.08. The molecule has 3 heteroatoms. The highest BCUT2D eigenvalue weighted by Crippen LogP contribution is 2.24. The fraction of sp³-hybridized carbons (Fsp3) is 0.417.